The van der Waals surface area contributed by atoms with E-state index in [-0.39, 0.29) is 4.90 Å². The zero-order valence-corrected chi connectivity index (χ0v) is 14.1. The Labute approximate surface area is 139 Å². The lowest BCUT2D eigenvalue weighted by molar-refractivity contribution is -0.115. The molecule has 2 rings (SSSR count). The van der Waals surface area contributed by atoms with Crippen LogP contribution < -0.4 is 5.32 Å². The molecule has 0 bridgehead atoms. The van der Waals surface area contributed by atoms with Crippen molar-refractivity contribution in [3.8, 4) is 0 Å². The van der Waals surface area contributed by atoms with Crippen LogP contribution in [0.2, 0.25) is 5.02 Å². The van der Waals surface area contributed by atoms with E-state index < -0.39 is 26.8 Å². The monoisotopic (exact) mass is 355 g/mol. The van der Waals surface area contributed by atoms with Crippen molar-refractivity contribution in [2.45, 2.75) is 24.0 Å². The van der Waals surface area contributed by atoms with E-state index in [0.29, 0.717) is 10.7 Å². The number of carbonyl (C=O) groups excluding carboxylic acids is 1. The zero-order valence-electron chi connectivity index (χ0n) is 12.5. The van der Waals surface area contributed by atoms with Gasteiger partial charge in [-0.15, -0.1) is 0 Å². The first-order valence-electron chi connectivity index (χ1n) is 6.78. The van der Waals surface area contributed by atoms with Gasteiger partial charge in [0.15, 0.2) is 9.84 Å². The third-order valence-electron chi connectivity index (χ3n) is 3.42. The Morgan fingerprint density at radius 2 is 1.78 bits per heavy atom. The highest BCUT2D eigenvalue weighted by Gasteiger charge is 2.29. The molecule has 0 aliphatic rings. The topological polar surface area (TPSA) is 63.2 Å². The summed E-state index contributed by atoms with van der Waals surface area (Å²) in [7, 11) is -3.91. The minimum atomic E-state index is -3.91. The molecule has 0 saturated carbocycles. The molecule has 0 aromatic heterocycles. The maximum absolute atomic E-state index is 12.9. The van der Waals surface area contributed by atoms with Crippen LogP contribution in [0.25, 0.3) is 0 Å². The van der Waals surface area contributed by atoms with Crippen LogP contribution in [0.1, 0.15) is 12.5 Å². The summed E-state index contributed by atoms with van der Waals surface area (Å²) in [6.45, 7) is 3.10. The van der Waals surface area contributed by atoms with Gasteiger partial charge >= 0.3 is 0 Å². The van der Waals surface area contributed by atoms with E-state index in [9.17, 15) is 17.6 Å². The number of sulfone groups is 1. The van der Waals surface area contributed by atoms with E-state index in [1.165, 1.54) is 6.92 Å². The maximum atomic E-state index is 12.9. The molecule has 4 nitrogen and oxygen atoms in total. The van der Waals surface area contributed by atoms with Crippen molar-refractivity contribution >= 4 is 33.0 Å². The van der Waals surface area contributed by atoms with Crippen molar-refractivity contribution in [3.63, 3.8) is 0 Å². The Hall–Kier alpha value is -1.92. The third kappa shape index (κ3) is 3.89. The van der Waals surface area contributed by atoms with Crippen LogP contribution in [0, 0.1) is 12.7 Å². The first-order valence-corrected chi connectivity index (χ1v) is 8.70. The Morgan fingerprint density at radius 3 is 2.35 bits per heavy atom. The molecule has 1 N–H and O–H groups in total. The highest BCUT2D eigenvalue weighted by atomic mass is 35.5. The van der Waals surface area contributed by atoms with E-state index in [2.05, 4.69) is 5.32 Å². The van der Waals surface area contributed by atoms with Gasteiger partial charge in [-0.1, -0.05) is 17.7 Å². The van der Waals surface area contributed by atoms with Crippen LogP contribution >= 0.6 is 11.6 Å². The first-order chi connectivity index (χ1) is 10.7. The van der Waals surface area contributed by atoms with Crippen LogP contribution in [-0.2, 0) is 14.6 Å². The Kier molecular flexibility index (Phi) is 5.06. The number of aryl methyl sites for hydroxylation is 1. The lowest BCUT2D eigenvalue weighted by atomic mass is 10.2. The molecule has 23 heavy (non-hydrogen) atoms. The molecule has 0 radical (unpaired) electrons. The zero-order chi connectivity index (χ0) is 17.2. The van der Waals surface area contributed by atoms with Gasteiger partial charge in [0.25, 0.3) is 0 Å². The Balaban J connectivity index is 2.21. The molecule has 122 valence electrons. The molecule has 2 aromatic rings. The van der Waals surface area contributed by atoms with Gasteiger partial charge in [0.1, 0.15) is 11.1 Å². The second kappa shape index (κ2) is 6.68. The van der Waals surface area contributed by atoms with Crippen molar-refractivity contribution in [3.05, 3.63) is 58.9 Å². The van der Waals surface area contributed by atoms with Gasteiger partial charge in [-0.2, -0.15) is 0 Å². The first kappa shape index (κ1) is 17.4. The number of rotatable bonds is 4. The van der Waals surface area contributed by atoms with Gasteiger partial charge < -0.3 is 5.32 Å². The number of nitrogens with one attached hydrogen (secondary N) is 1. The van der Waals surface area contributed by atoms with E-state index in [4.69, 9.17) is 11.6 Å². The predicted molar refractivity (Wildman–Crippen MR) is 87.9 cm³/mol. The lowest BCUT2D eigenvalue weighted by Gasteiger charge is -2.14. The number of anilines is 1. The van der Waals surface area contributed by atoms with Gasteiger partial charge in [-0.25, -0.2) is 12.8 Å². The van der Waals surface area contributed by atoms with Gasteiger partial charge in [0, 0.05) is 10.7 Å². The Morgan fingerprint density at radius 1 is 1.17 bits per heavy atom. The molecular weight excluding hydrogens is 341 g/mol. The van der Waals surface area contributed by atoms with Gasteiger partial charge in [0.2, 0.25) is 5.91 Å². The number of halogens is 2. The maximum Gasteiger partial charge on any atom is 0.242 e. The lowest BCUT2D eigenvalue weighted by Crippen LogP contribution is -2.32. The molecule has 0 heterocycles. The summed E-state index contributed by atoms with van der Waals surface area (Å²) in [6, 6.07) is 9.25. The largest absolute Gasteiger partial charge is 0.325 e. The smallest absolute Gasteiger partial charge is 0.242 e. The van der Waals surface area contributed by atoms with E-state index in [1.807, 2.05) is 6.92 Å². The molecule has 0 saturated heterocycles. The van der Waals surface area contributed by atoms with Crippen molar-refractivity contribution in [1.82, 2.24) is 0 Å². The molecular formula is C16H15ClFNO3S. The highest BCUT2D eigenvalue weighted by Crippen LogP contribution is 2.22. The summed E-state index contributed by atoms with van der Waals surface area (Å²) in [6.07, 6.45) is 0. The molecule has 2 aromatic carbocycles. The quantitative estimate of drug-likeness (QED) is 0.852. The fourth-order valence-electron chi connectivity index (χ4n) is 1.88. The standard InChI is InChI=1S/C16H15ClFNO3S/c1-10-3-6-13(9-15(10)17)19-16(20)11(2)23(21,22)14-7-4-12(18)5-8-14/h3-9,11H,1-2H3,(H,19,20). The van der Waals surface area contributed by atoms with Crippen molar-refractivity contribution in [2.24, 2.45) is 0 Å². The predicted octanol–water partition coefficient (Wildman–Crippen LogP) is 3.59. The number of hydrogen-bond donors (Lipinski definition) is 1. The summed E-state index contributed by atoms with van der Waals surface area (Å²) in [5, 5.41) is 1.66. The van der Waals surface area contributed by atoms with Gasteiger partial charge in [-0.3, -0.25) is 4.79 Å². The van der Waals surface area contributed by atoms with Crippen molar-refractivity contribution < 1.29 is 17.6 Å². The second-order valence-electron chi connectivity index (χ2n) is 5.09. The van der Waals surface area contributed by atoms with Crippen LogP contribution in [0.15, 0.2) is 47.4 Å². The minimum Gasteiger partial charge on any atom is -0.325 e. The molecule has 0 aliphatic heterocycles. The van der Waals surface area contributed by atoms with Crippen LogP contribution in [-0.4, -0.2) is 19.6 Å². The van der Waals surface area contributed by atoms with E-state index >= 15 is 0 Å². The SMILES string of the molecule is Cc1ccc(NC(=O)C(C)S(=O)(=O)c2ccc(F)cc2)cc1Cl. The van der Waals surface area contributed by atoms with Crippen LogP contribution in [0.3, 0.4) is 0 Å². The summed E-state index contributed by atoms with van der Waals surface area (Å²) in [4.78, 5) is 12.1. The van der Waals surface area contributed by atoms with E-state index in [0.717, 1.165) is 29.8 Å². The minimum absolute atomic E-state index is 0.108. The summed E-state index contributed by atoms with van der Waals surface area (Å²) in [5.41, 5.74) is 1.25. The molecule has 0 aliphatic carbocycles. The summed E-state index contributed by atoms with van der Waals surface area (Å²) < 4.78 is 37.7. The van der Waals surface area contributed by atoms with Crippen LogP contribution in [0.4, 0.5) is 10.1 Å². The molecule has 1 atom stereocenters. The molecule has 1 unspecified atom stereocenters. The average Bonchev–Trinajstić information content (AvgIpc) is 2.50. The molecule has 7 heteroatoms. The Bertz CT molecular complexity index is 835. The van der Waals surface area contributed by atoms with Crippen molar-refractivity contribution in [2.75, 3.05) is 5.32 Å². The second-order valence-corrected chi connectivity index (χ2v) is 7.77. The van der Waals surface area contributed by atoms with E-state index in [1.54, 1.807) is 18.2 Å². The number of benzene rings is 2. The fourth-order valence-corrected chi connectivity index (χ4v) is 3.33. The summed E-state index contributed by atoms with van der Waals surface area (Å²) >= 11 is 5.97. The summed E-state index contributed by atoms with van der Waals surface area (Å²) in [5.74, 6) is -1.23. The number of carbonyl (C=O) groups is 1. The van der Waals surface area contributed by atoms with Crippen molar-refractivity contribution in [1.29, 1.82) is 0 Å². The molecule has 0 spiro atoms. The van der Waals surface area contributed by atoms with Gasteiger partial charge in [0.05, 0.1) is 4.90 Å². The average molecular weight is 356 g/mol. The number of hydrogen-bond acceptors (Lipinski definition) is 3. The third-order valence-corrected chi connectivity index (χ3v) is 5.90. The normalized spacial score (nSPS) is 12.7. The van der Waals surface area contributed by atoms with Gasteiger partial charge in [-0.05, 0) is 55.8 Å². The molecule has 1 amide bonds. The number of amides is 1. The fraction of sp³-hybridized carbons (Fsp3) is 0.188. The molecule has 0 fully saturated rings. The van der Waals surface area contributed by atoms with Crippen LogP contribution in [0.5, 0.6) is 0 Å². The highest BCUT2D eigenvalue weighted by molar-refractivity contribution is 7.92.